The molecule has 1 aromatic rings. The lowest BCUT2D eigenvalue weighted by Crippen LogP contribution is -2.11. The highest BCUT2D eigenvalue weighted by atomic mass is 32.2. The normalized spacial score (nSPS) is 13.7. The summed E-state index contributed by atoms with van der Waals surface area (Å²) in [5.41, 5.74) is 7.16. The molecule has 0 aliphatic carbocycles. The Balaban J connectivity index is 2.45. The predicted octanol–water partition coefficient (Wildman–Crippen LogP) is 2.11. The highest BCUT2D eigenvalue weighted by Gasteiger charge is 2.08. The summed E-state index contributed by atoms with van der Waals surface area (Å²) in [5.74, 6) is 0.489. The summed E-state index contributed by atoms with van der Waals surface area (Å²) in [6.45, 7) is 4.54. The van der Waals surface area contributed by atoms with Crippen molar-refractivity contribution >= 4 is 9.84 Å². The topological polar surface area (TPSA) is 65.1 Å². The van der Waals surface area contributed by atoms with Gasteiger partial charge >= 0.3 is 0 Å². The minimum absolute atomic E-state index is 0.0932. The minimum atomic E-state index is -2.85. The number of nitrogens with zero attached hydrogens (tertiary/aromatic N) is 1. The Morgan fingerprint density at radius 1 is 1.39 bits per heavy atom. The molecular weight excluding hydrogens is 248 g/mol. The van der Waals surface area contributed by atoms with E-state index in [0.29, 0.717) is 6.42 Å². The molecule has 0 bridgehead atoms. The van der Waals surface area contributed by atoms with Gasteiger partial charge < -0.3 is 10.3 Å². The maximum Gasteiger partial charge on any atom is 0.150 e. The zero-order valence-electron chi connectivity index (χ0n) is 11.3. The Morgan fingerprint density at radius 3 is 2.72 bits per heavy atom. The zero-order valence-corrected chi connectivity index (χ0v) is 12.1. The largest absolute Gasteiger partial charge is 0.354 e. The van der Waals surface area contributed by atoms with E-state index in [1.807, 2.05) is 23.0 Å². The predicted molar refractivity (Wildman–Crippen MR) is 75.2 cm³/mol. The first-order valence-corrected chi connectivity index (χ1v) is 8.42. The van der Waals surface area contributed by atoms with Crippen molar-refractivity contribution in [3.8, 4) is 0 Å². The molecule has 0 aromatic carbocycles. The molecule has 0 aliphatic heterocycles. The average molecular weight is 272 g/mol. The third-order valence-corrected chi connectivity index (χ3v) is 4.90. The van der Waals surface area contributed by atoms with Crippen LogP contribution in [-0.2, 0) is 16.4 Å². The molecule has 1 unspecified atom stereocenters. The fourth-order valence-corrected chi connectivity index (χ4v) is 2.76. The maximum atomic E-state index is 11.4. The highest BCUT2D eigenvalue weighted by molar-refractivity contribution is 7.91. The van der Waals surface area contributed by atoms with E-state index in [1.165, 1.54) is 0 Å². The van der Waals surface area contributed by atoms with Gasteiger partial charge in [0.05, 0.1) is 5.75 Å². The van der Waals surface area contributed by atoms with E-state index in [9.17, 15) is 8.42 Å². The lowest BCUT2D eigenvalue weighted by Gasteiger charge is -2.07. The molecule has 2 N–H and O–H groups in total. The third-order valence-electron chi connectivity index (χ3n) is 3.11. The third kappa shape index (κ3) is 4.82. The van der Waals surface area contributed by atoms with Crippen LogP contribution >= 0.6 is 0 Å². The van der Waals surface area contributed by atoms with Gasteiger partial charge in [-0.2, -0.15) is 0 Å². The second-order valence-corrected chi connectivity index (χ2v) is 7.14. The summed E-state index contributed by atoms with van der Waals surface area (Å²) in [5, 5.41) is 0. The number of sulfone groups is 1. The Hall–Kier alpha value is -0.810. The first-order valence-electron chi connectivity index (χ1n) is 6.60. The van der Waals surface area contributed by atoms with E-state index in [0.717, 1.165) is 24.9 Å². The first-order chi connectivity index (χ1) is 8.48. The van der Waals surface area contributed by atoms with Crippen molar-refractivity contribution in [2.45, 2.75) is 45.7 Å². The monoisotopic (exact) mass is 272 g/mol. The number of nitrogens with two attached hydrogens (primary N) is 1. The molecule has 1 rings (SSSR count). The van der Waals surface area contributed by atoms with Gasteiger partial charge in [0.2, 0.25) is 0 Å². The van der Waals surface area contributed by atoms with Crippen LogP contribution in [0.5, 0.6) is 0 Å². The van der Waals surface area contributed by atoms with Crippen LogP contribution in [0.1, 0.15) is 44.7 Å². The number of hydrogen-bond acceptors (Lipinski definition) is 3. The Labute approximate surface area is 110 Å². The molecule has 4 nitrogen and oxygen atoms in total. The van der Waals surface area contributed by atoms with Crippen molar-refractivity contribution in [3.05, 3.63) is 24.0 Å². The summed E-state index contributed by atoms with van der Waals surface area (Å²) < 4.78 is 24.7. The lowest BCUT2D eigenvalue weighted by atomic mass is 10.1. The number of aromatic nitrogens is 1. The summed E-state index contributed by atoms with van der Waals surface area (Å²) in [7, 11) is -2.85. The molecule has 1 heterocycles. The molecule has 0 radical (unpaired) electrons. The Morgan fingerprint density at radius 2 is 2.11 bits per heavy atom. The second kappa shape index (κ2) is 6.95. The molecule has 1 aromatic heterocycles. The van der Waals surface area contributed by atoms with Gasteiger partial charge in [-0.1, -0.05) is 20.3 Å². The van der Waals surface area contributed by atoms with Gasteiger partial charge in [-0.25, -0.2) is 8.42 Å². The van der Waals surface area contributed by atoms with Crippen LogP contribution in [0.4, 0.5) is 0 Å². The zero-order chi connectivity index (χ0) is 13.6. The molecule has 0 aliphatic rings. The van der Waals surface area contributed by atoms with Gasteiger partial charge in [0.25, 0.3) is 0 Å². The van der Waals surface area contributed by atoms with Crippen LogP contribution < -0.4 is 5.73 Å². The molecule has 5 heteroatoms. The molecule has 0 fully saturated rings. The van der Waals surface area contributed by atoms with Crippen LogP contribution in [0.25, 0.3) is 0 Å². The maximum absolute atomic E-state index is 11.4. The van der Waals surface area contributed by atoms with E-state index >= 15 is 0 Å². The average Bonchev–Trinajstić information content (AvgIpc) is 2.78. The molecule has 0 saturated carbocycles. The van der Waals surface area contributed by atoms with Gasteiger partial charge in [0.15, 0.2) is 0 Å². The van der Waals surface area contributed by atoms with E-state index in [2.05, 4.69) is 6.92 Å². The second-order valence-electron chi connectivity index (χ2n) is 4.67. The van der Waals surface area contributed by atoms with E-state index in [-0.39, 0.29) is 17.5 Å². The molecule has 1 atom stereocenters. The van der Waals surface area contributed by atoms with Crippen molar-refractivity contribution in [1.29, 1.82) is 0 Å². The summed E-state index contributed by atoms with van der Waals surface area (Å²) in [4.78, 5) is 0. The summed E-state index contributed by atoms with van der Waals surface area (Å²) in [6.07, 6.45) is 6.71. The Kier molecular flexibility index (Phi) is 5.88. The van der Waals surface area contributed by atoms with Crippen molar-refractivity contribution in [1.82, 2.24) is 4.57 Å². The highest BCUT2D eigenvalue weighted by Crippen LogP contribution is 2.16. The molecule has 104 valence electrons. The van der Waals surface area contributed by atoms with Crippen LogP contribution in [0.2, 0.25) is 0 Å². The first kappa shape index (κ1) is 15.2. The molecule has 18 heavy (non-hydrogen) atoms. The molecule has 0 saturated heterocycles. The van der Waals surface area contributed by atoms with Crippen molar-refractivity contribution in [3.63, 3.8) is 0 Å². The molecular formula is C13H24N2O2S. The van der Waals surface area contributed by atoms with Crippen LogP contribution in [-0.4, -0.2) is 24.5 Å². The van der Waals surface area contributed by atoms with Crippen molar-refractivity contribution < 1.29 is 8.42 Å². The number of rotatable bonds is 8. The molecule has 0 amide bonds. The van der Waals surface area contributed by atoms with Crippen LogP contribution in [0, 0.1) is 0 Å². The van der Waals surface area contributed by atoms with Crippen molar-refractivity contribution in [2.75, 3.05) is 11.5 Å². The van der Waals surface area contributed by atoms with E-state index < -0.39 is 9.84 Å². The fourth-order valence-electron chi connectivity index (χ4n) is 1.91. The summed E-state index contributed by atoms with van der Waals surface area (Å²) >= 11 is 0. The SMILES string of the molecule is CCCC(N)c1ccn(CCCS(=O)(=O)CC)c1. The number of hydrogen-bond donors (Lipinski definition) is 1. The van der Waals surface area contributed by atoms with Crippen LogP contribution in [0.15, 0.2) is 18.5 Å². The van der Waals surface area contributed by atoms with E-state index in [4.69, 9.17) is 5.73 Å². The van der Waals surface area contributed by atoms with Crippen LogP contribution in [0.3, 0.4) is 0 Å². The van der Waals surface area contributed by atoms with E-state index in [1.54, 1.807) is 6.92 Å². The standard InChI is InChI=1S/C13H24N2O2S/c1-3-6-13(14)12-7-9-15(11-12)8-5-10-18(16,17)4-2/h7,9,11,13H,3-6,8,10,14H2,1-2H3. The van der Waals surface area contributed by atoms with Gasteiger partial charge in [-0.3, -0.25) is 0 Å². The lowest BCUT2D eigenvalue weighted by molar-refractivity contribution is 0.587. The summed E-state index contributed by atoms with van der Waals surface area (Å²) in [6, 6.07) is 2.12. The fraction of sp³-hybridized carbons (Fsp3) is 0.692. The van der Waals surface area contributed by atoms with Gasteiger partial charge in [0, 0.05) is 30.7 Å². The number of aryl methyl sites for hydroxylation is 1. The molecule has 0 spiro atoms. The van der Waals surface area contributed by atoms with Gasteiger partial charge in [0.1, 0.15) is 9.84 Å². The van der Waals surface area contributed by atoms with Gasteiger partial charge in [-0.05, 0) is 24.5 Å². The van der Waals surface area contributed by atoms with Gasteiger partial charge in [-0.15, -0.1) is 0 Å². The van der Waals surface area contributed by atoms with Crippen molar-refractivity contribution in [2.24, 2.45) is 5.73 Å². The quantitative estimate of drug-likeness (QED) is 0.788. The Bertz CT molecular complexity index is 451. The smallest absolute Gasteiger partial charge is 0.150 e. The minimum Gasteiger partial charge on any atom is -0.354 e.